The maximum Gasteiger partial charge on any atom is 0.482 e. The minimum atomic E-state index is -4.36. The van der Waals surface area contributed by atoms with Crippen molar-refractivity contribution in [1.29, 1.82) is 0 Å². The van der Waals surface area contributed by atoms with Gasteiger partial charge in [0.2, 0.25) is 0 Å². The molecule has 1 N–H and O–H groups in total. The first-order valence-electron chi connectivity index (χ1n) is 3.80. The normalized spacial score (nSPS) is 11.5. The third-order valence-corrected chi connectivity index (χ3v) is 1.66. The summed E-state index contributed by atoms with van der Waals surface area (Å²) < 4.78 is 35.7. The number of halogens is 3. The van der Waals surface area contributed by atoms with Gasteiger partial charge >= 0.3 is 6.30 Å². The fourth-order valence-electron chi connectivity index (χ4n) is 1.11. The zero-order valence-corrected chi connectivity index (χ0v) is 7.37. The smallest absolute Gasteiger partial charge is 0.297 e. The monoisotopic (exact) mass is 189 g/mol. The Morgan fingerprint density at radius 2 is 1.77 bits per heavy atom. The van der Waals surface area contributed by atoms with Crippen LogP contribution in [-0.2, 0) is 0 Å². The van der Waals surface area contributed by atoms with E-state index in [1.165, 1.54) is 11.4 Å². The van der Waals surface area contributed by atoms with E-state index in [0.29, 0.717) is 5.56 Å². The Morgan fingerprint density at radius 3 is 2.23 bits per heavy atom. The van der Waals surface area contributed by atoms with Crippen LogP contribution in [0, 0.1) is 13.8 Å². The van der Waals surface area contributed by atoms with Gasteiger partial charge in [0.05, 0.1) is 0 Å². The highest BCUT2D eigenvalue weighted by atomic mass is 19.4. The second-order valence-corrected chi connectivity index (χ2v) is 2.94. The second-order valence-electron chi connectivity index (χ2n) is 2.94. The van der Waals surface area contributed by atoms with Gasteiger partial charge < -0.3 is 0 Å². The summed E-state index contributed by atoms with van der Waals surface area (Å²) in [7, 11) is 0. The Balaban J connectivity index is 2.90. The summed E-state index contributed by atoms with van der Waals surface area (Å²) in [6.45, 7) is 3.48. The van der Waals surface area contributed by atoms with Gasteiger partial charge in [0.1, 0.15) is 0 Å². The summed E-state index contributed by atoms with van der Waals surface area (Å²) >= 11 is 0. The molecule has 0 unspecified atom stereocenters. The predicted molar refractivity (Wildman–Crippen MR) is 45.6 cm³/mol. The molecule has 1 nitrogen and oxygen atoms in total. The summed E-state index contributed by atoms with van der Waals surface area (Å²) in [6.07, 6.45) is -4.36. The van der Waals surface area contributed by atoms with Crippen LogP contribution in [0.1, 0.15) is 11.1 Å². The number of hydrogen-bond donors (Lipinski definition) is 1. The van der Waals surface area contributed by atoms with Gasteiger partial charge in [0.15, 0.2) is 0 Å². The first-order chi connectivity index (χ1) is 5.88. The molecule has 72 valence electrons. The fourth-order valence-corrected chi connectivity index (χ4v) is 1.11. The second kappa shape index (κ2) is 3.28. The summed E-state index contributed by atoms with van der Waals surface area (Å²) in [5.74, 6) is 0. The van der Waals surface area contributed by atoms with E-state index in [0.717, 1.165) is 5.56 Å². The molecule has 1 aromatic rings. The number of hydrogen-bond acceptors (Lipinski definition) is 1. The largest absolute Gasteiger partial charge is 0.482 e. The van der Waals surface area contributed by atoms with Gasteiger partial charge in [-0.2, -0.15) is 13.2 Å². The van der Waals surface area contributed by atoms with Crippen LogP contribution < -0.4 is 5.32 Å². The van der Waals surface area contributed by atoms with Crippen LogP contribution in [0.3, 0.4) is 0 Å². The highest BCUT2D eigenvalue weighted by molar-refractivity contribution is 5.52. The zero-order valence-electron chi connectivity index (χ0n) is 7.37. The summed E-state index contributed by atoms with van der Waals surface area (Å²) in [4.78, 5) is 0. The van der Waals surface area contributed by atoms with Gasteiger partial charge in [0, 0.05) is 5.69 Å². The first-order valence-corrected chi connectivity index (χ1v) is 3.80. The molecule has 0 heterocycles. The molecule has 1 aromatic carbocycles. The molecular weight excluding hydrogens is 179 g/mol. The van der Waals surface area contributed by atoms with Gasteiger partial charge in [-0.1, -0.05) is 17.7 Å². The van der Waals surface area contributed by atoms with Gasteiger partial charge in [-0.25, -0.2) is 0 Å². The molecule has 0 saturated carbocycles. The topological polar surface area (TPSA) is 12.0 Å². The molecule has 0 spiro atoms. The lowest BCUT2D eigenvalue weighted by molar-refractivity contribution is -0.0999. The van der Waals surface area contributed by atoms with E-state index in [-0.39, 0.29) is 5.69 Å². The molecule has 0 aliphatic heterocycles. The van der Waals surface area contributed by atoms with Crippen LogP contribution in [-0.4, -0.2) is 6.30 Å². The fraction of sp³-hybridized carbons (Fsp3) is 0.333. The third-order valence-electron chi connectivity index (χ3n) is 1.66. The molecular formula is C9H10F3N. The summed E-state index contributed by atoms with van der Waals surface area (Å²) in [5.41, 5.74) is 1.65. The van der Waals surface area contributed by atoms with E-state index in [1.807, 2.05) is 6.92 Å². The molecule has 0 atom stereocenters. The van der Waals surface area contributed by atoms with Crippen LogP contribution in [0.5, 0.6) is 0 Å². The molecule has 0 bridgehead atoms. The van der Waals surface area contributed by atoms with E-state index in [4.69, 9.17) is 0 Å². The Bertz CT molecular complexity index is 304. The minimum absolute atomic E-state index is 0.109. The number of nitrogens with one attached hydrogen (secondary N) is 1. The van der Waals surface area contributed by atoms with Crippen molar-refractivity contribution in [1.82, 2.24) is 0 Å². The van der Waals surface area contributed by atoms with Crippen molar-refractivity contribution in [2.75, 3.05) is 5.32 Å². The molecule has 1 rings (SSSR count). The van der Waals surface area contributed by atoms with Crippen molar-refractivity contribution in [2.45, 2.75) is 20.1 Å². The molecule has 0 aliphatic rings. The summed E-state index contributed by atoms with van der Waals surface area (Å²) in [6, 6.07) is 4.77. The number of aryl methyl sites for hydroxylation is 2. The number of anilines is 1. The van der Waals surface area contributed by atoms with Gasteiger partial charge in [0.25, 0.3) is 0 Å². The highest BCUT2D eigenvalue weighted by Crippen LogP contribution is 2.23. The predicted octanol–water partition coefficient (Wildman–Crippen LogP) is 3.24. The molecule has 0 aliphatic carbocycles. The molecule has 13 heavy (non-hydrogen) atoms. The first kappa shape index (κ1) is 9.89. The molecule has 4 heteroatoms. The van der Waals surface area contributed by atoms with Crippen LogP contribution in [0.25, 0.3) is 0 Å². The Labute approximate surface area is 74.6 Å². The van der Waals surface area contributed by atoms with Crippen molar-refractivity contribution in [2.24, 2.45) is 0 Å². The standard InChI is InChI=1S/C9H10F3N/c1-6-3-4-8(7(2)5-6)13-9(10,11)12/h3-5,13H,1-2H3. The van der Waals surface area contributed by atoms with Crippen molar-refractivity contribution in [3.63, 3.8) is 0 Å². The Hall–Kier alpha value is -1.19. The Kier molecular flexibility index (Phi) is 2.50. The lowest BCUT2D eigenvalue weighted by Crippen LogP contribution is -2.21. The highest BCUT2D eigenvalue weighted by Gasteiger charge is 2.27. The maximum absolute atomic E-state index is 11.9. The molecule has 0 fully saturated rings. The van der Waals surface area contributed by atoms with Crippen LogP contribution in [0.4, 0.5) is 18.9 Å². The SMILES string of the molecule is Cc1ccc(NC(F)(F)F)c(C)c1. The van der Waals surface area contributed by atoms with Crippen LogP contribution in [0.15, 0.2) is 18.2 Å². The van der Waals surface area contributed by atoms with Gasteiger partial charge in [-0.15, -0.1) is 0 Å². The van der Waals surface area contributed by atoms with Gasteiger partial charge in [-0.05, 0) is 25.5 Å². The average Bonchev–Trinajstić information content (AvgIpc) is 1.93. The van der Waals surface area contributed by atoms with E-state index in [1.54, 1.807) is 19.1 Å². The van der Waals surface area contributed by atoms with Crippen molar-refractivity contribution < 1.29 is 13.2 Å². The molecule has 0 amide bonds. The van der Waals surface area contributed by atoms with Crippen LogP contribution in [0.2, 0.25) is 0 Å². The van der Waals surface area contributed by atoms with E-state index in [2.05, 4.69) is 0 Å². The lowest BCUT2D eigenvalue weighted by Gasteiger charge is -2.12. The van der Waals surface area contributed by atoms with Crippen molar-refractivity contribution >= 4 is 5.69 Å². The van der Waals surface area contributed by atoms with E-state index < -0.39 is 6.30 Å². The maximum atomic E-state index is 11.9. The van der Waals surface area contributed by atoms with E-state index in [9.17, 15) is 13.2 Å². The molecule has 0 saturated heterocycles. The molecule has 0 aromatic heterocycles. The number of rotatable bonds is 1. The lowest BCUT2D eigenvalue weighted by atomic mass is 10.1. The van der Waals surface area contributed by atoms with E-state index >= 15 is 0 Å². The third kappa shape index (κ3) is 2.97. The average molecular weight is 189 g/mol. The Morgan fingerprint density at radius 1 is 1.15 bits per heavy atom. The van der Waals surface area contributed by atoms with Crippen LogP contribution >= 0.6 is 0 Å². The minimum Gasteiger partial charge on any atom is -0.297 e. The number of alkyl halides is 3. The van der Waals surface area contributed by atoms with Crippen molar-refractivity contribution in [3.05, 3.63) is 29.3 Å². The van der Waals surface area contributed by atoms with Gasteiger partial charge in [-0.3, -0.25) is 5.32 Å². The zero-order chi connectivity index (χ0) is 10.1. The quantitative estimate of drug-likeness (QED) is 0.669. The van der Waals surface area contributed by atoms with Crippen molar-refractivity contribution in [3.8, 4) is 0 Å². The summed E-state index contributed by atoms with van der Waals surface area (Å²) in [5, 5.41) is 1.48. The molecule has 0 radical (unpaired) electrons. The number of benzene rings is 1.